The number of rotatable bonds is 2. The molecule has 0 amide bonds. The van der Waals surface area contributed by atoms with Crippen LogP contribution >= 0.6 is 0 Å². The number of aliphatic hydroxyl groups is 1. The van der Waals surface area contributed by atoms with E-state index in [1.54, 1.807) is 0 Å². The first-order valence-corrected chi connectivity index (χ1v) is 12.8. The van der Waals surface area contributed by atoms with Crippen LogP contribution in [0.15, 0.2) is 96.8 Å². The molecular formula is C35H28IrNO2-. The van der Waals surface area contributed by atoms with Crippen LogP contribution in [-0.2, 0) is 30.3 Å². The van der Waals surface area contributed by atoms with Gasteiger partial charge in [-0.05, 0) is 58.8 Å². The van der Waals surface area contributed by atoms with E-state index in [1.165, 1.54) is 69.8 Å². The van der Waals surface area contributed by atoms with Crippen LogP contribution in [-0.4, -0.2) is 15.9 Å². The summed E-state index contributed by atoms with van der Waals surface area (Å²) in [5, 5.41) is 9.63. The second kappa shape index (κ2) is 10.0. The van der Waals surface area contributed by atoms with Gasteiger partial charge < -0.3 is 5.11 Å². The Morgan fingerprint density at radius 1 is 0.795 bits per heavy atom. The SMILES string of the molecule is CC(=O)C=C(C)O.CC1(C)c2ccccc2-c2c[c-]c(-c3cc4c5c(cccc5n3)-c3ccccc3-4)cc21.[Ir]. The van der Waals surface area contributed by atoms with Crippen LogP contribution in [0.1, 0.15) is 38.8 Å². The van der Waals surface area contributed by atoms with Crippen LogP contribution in [0, 0.1) is 6.07 Å². The van der Waals surface area contributed by atoms with Crippen LogP contribution in [0.4, 0.5) is 0 Å². The smallest absolute Gasteiger partial charge is 0.155 e. The number of carbonyl (C=O) groups excluding carboxylic acids is 1. The third-order valence-electron chi connectivity index (χ3n) is 7.54. The number of pyridine rings is 1. The van der Waals surface area contributed by atoms with Crippen molar-refractivity contribution >= 4 is 16.7 Å². The van der Waals surface area contributed by atoms with Gasteiger partial charge in [-0.15, -0.1) is 29.3 Å². The molecule has 0 unspecified atom stereocenters. The van der Waals surface area contributed by atoms with E-state index in [1.807, 2.05) is 0 Å². The molecule has 1 N–H and O–H groups in total. The van der Waals surface area contributed by atoms with Crippen LogP contribution in [0.2, 0.25) is 0 Å². The average molecular weight is 687 g/mol. The molecule has 7 rings (SSSR count). The Labute approximate surface area is 242 Å². The molecule has 0 fully saturated rings. The molecule has 0 aliphatic heterocycles. The number of carbonyl (C=O) groups is 1. The molecule has 0 saturated carbocycles. The van der Waals surface area contributed by atoms with Gasteiger partial charge in [0.25, 0.3) is 0 Å². The van der Waals surface area contributed by atoms with E-state index < -0.39 is 0 Å². The molecule has 0 bridgehead atoms. The van der Waals surface area contributed by atoms with E-state index in [0.717, 1.165) is 16.8 Å². The summed E-state index contributed by atoms with van der Waals surface area (Å²) in [7, 11) is 0. The van der Waals surface area contributed by atoms with E-state index in [4.69, 9.17) is 10.1 Å². The van der Waals surface area contributed by atoms with Crippen molar-refractivity contribution in [2.45, 2.75) is 33.1 Å². The van der Waals surface area contributed by atoms with Gasteiger partial charge in [0.15, 0.2) is 5.78 Å². The van der Waals surface area contributed by atoms with Crippen molar-refractivity contribution < 1.29 is 30.0 Å². The third-order valence-corrected chi connectivity index (χ3v) is 7.54. The first kappa shape index (κ1) is 26.7. The van der Waals surface area contributed by atoms with E-state index >= 15 is 0 Å². The summed E-state index contributed by atoms with van der Waals surface area (Å²) in [6.07, 6.45) is 1.17. The summed E-state index contributed by atoms with van der Waals surface area (Å²) in [6, 6.07) is 34.2. The molecule has 3 nitrogen and oxygen atoms in total. The van der Waals surface area contributed by atoms with E-state index in [2.05, 4.69) is 105 Å². The number of fused-ring (bicyclic) bond motifs is 6. The summed E-state index contributed by atoms with van der Waals surface area (Å²) in [4.78, 5) is 15.1. The topological polar surface area (TPSA) is 50.2 Å². The van der Waals surface area contributed by atoms with Crippen LogP contribution in [0.3, 0.4) is 0 Å². The molecule has 39 heavy (non-hydrogen) atoms. The van der Waals surface area contributed by atoms with Gasteiger partial charge in [-0.25, -0.2) is 0 Å². The molecule has 1 heterocycles. The quantitative estimate of drug-likeness (QED) is 0.113. The Morgan fingerprint density at radius 3 is 2.10 bits per heavy atom. The van der Waals surface area contributed by atoms with Crippen molar-refractivity contribution in [1.82, 2.24) is 4.98 Å². The Hall–Kier alpha value is -3.85. The molecule has 0 saturated heterocycles. The number of ketones is 1. The van der Waals surface area contributed by atoms with Crippen molar-refractivity contribution in [3.8, 4) is 44.6 Å². The van der Waals surface area contributed by atoms with Gasteiger partial charge in [0.1, 0.15) is 0 Å². The molecule has 2 aliphatic rings. The summed E-state index contributed by atoms with van der Waals surface area (Å²) >= 11 is 0. The fourth-order valence-electron chi connectivity index (χ4n) is 5.90. The summed E-state index contributed by atoms with van der Waals surface area (Å²) < 4.78 is 0. The maximum atomic E-state index is 10.0. The third kappa shape index (κ3) is 4.44. The second-order valence-corrected chi connectivity index (χ2v) is 10.5. The summed E-state index contributed by atoms with van der Waals surface area (Å²) in [5.74, 6) is -0.0625. The van der Waals surface area contributed by atoms with Crippen LogP contribution < -0.4 is 0 Å². The Morgan fingerprint density at radius 2 is 1.44 bits per heavy atom. The molecule has 2 aliphatic carbocycles. The predicted octanol–water partition coefficient (Wildman–Crippen LogP) is 8.69. The normalized spacial score (nSPS) is 13.5. The van der Waals surface area contributed by atoms with E-state index in [0.29, 0.717) is 0 Å². The molecule has 0 atom stereocenters. The Kier molecular flexibility index (Phi) is 6.88. The first-order chi connectivity index (χ1) is 18.3. The van der Waals surface area contributed by atoms with Crippen molar-refractivity contribution in [3.05, 3.63) is 114 Å². The van der Waals surface area contributed by atoms with Gasteiger partial charge in [-0.3, -0.25) is 9.78 Å². The number of hydrogen-bond acceptors (Lipinski definition) is 3. The van der Waals surface area contributed by atoms with Gasteiger partial charge >= 0.3 is 0 Å². The minimum absolute atomic E-state index is 0. The minimum atomic E-state index is -0.125. The largest absolute Gasteiger partial charge is 0.512 e. The number of hydrogen-bond donors (Lipinski definition) is 1. The molecule has 4 aromatic carbocycles. The zero-order valence-electron chi connectivity index (χ0n) is 22.3. The molecule has 1 radical (unpaired) electrons. The van der Waals surface area contributed by atoms with Crippen molar-refractivity contribution in [2.24, 2.45) is 0 Å². The van der Waals surface area contributed by atoms with Gasteiger partial charge in [0, 0.05) is 31.6 Å². The number of nitrogens with zero attached hydrogens (tertiary/aromatic N) is 1. The Balaban J connectivity index is 0.000000345. The number of aromatic nitrogens is 1. The second-order valence-electron chi connectivity index (χ2n) is 10.5. The number of allylic oxidation sites excluding steroid dienone is 2. The maximum absolute atomic E-state index is 10.0. The molecule has 0 spiro atoms. The van der Waals surface area contributed by atoms with Gasteiger partial charge in [0.2, 0.25) is 0 Å². The van der Waals surface area contributed by atoms with Gasteiger partial charge in [-0.1, -0.05) is 91.7 Å². The summed E-state index contributed by atoms with van der Waals surface area (Å²) in [5.41, 5.74) is 13.6. The minimum Gasteiger partial charge on any atom is -0.512 e. The summed E-state index contributed by atoms with van der Waals surface area (Å²) in [6.45, 7) is 7.48. The molecular weight excluding hydrogens is 659 g/mol. The van der Waals surface area contributed by atoms with Crippen LogP contribution in [0.25, 0.3) is 55.5 Å². The maximum Gasteiger partial charge on any atom is 0.155 e. The van der Waals surface area contributed by atoms with Crippen molar-refractivity contribution in [1.29, 1.82) is 0 Å². The fourth-order valence-corrected chi connectivity index (χ4v) is 5.90. The molecule has 5 aromatic rings. The predicted molar refractivity (Wildman–Crippen MR) is 155 cm³/mol. The van der Waals surface area contributed by atoms with E-state index in [-0.39, 0.29) is 37.1 Å². The van der Waals surface area contributed by atoms with Crippen molar-refractivity contribution in [3.63, 3.8) is 0 Å². The number of aliphatic hydroxyl groups excluding tert-OH is 1. The van der Waals surface area contributed by atoms with E-state index in [9.17, 15) is 4.79 Å². The zero-order valence-corrected chi connectivity index (χ0v) is 24.7. The van der Waals surface area contributed by atoms with Crippen molar-refractivity contribution in [2.75, 3.05) is 0 Å². The Bertz CT molecular complexity index is 1790. The standard InChI is InChI=1S/C30H20N.C5H8O2.Ir/c1-30(2)25-12-6-5-10-21(25)22-15-14-18(16-26(22)30)28-17-24-20-9-4-3-8-19(20)23-11-7-13-27(31-28)29(23)24;1-4(6)3-5(2)7;/h3-13,15-17H,1-2H3;3,6H,1-2H3;/q-1;;. The first-order valence-electron chi connectivity index (χ1n) is 12.8. The average Bonchev–Trinajstić information content (AvgIpc) is 3.34. The number of benzene rings is 4. The van der Waals surface area contributed by atoms with Crippen LogP contribution in [0.5, 0.6) is 0 Å². The monoisotopic (exact) mass is 687 g/mol. The fraction of sp³-hybridized carbons (Fsp3) is 0.143. The van der Waals surface area contributed by atoms with Gasteiger partial charge in [-0.2, -0.15) is 0 Å². The van der Waals surface area contributed by atoms with Gasteiger partial charge in [0.05, 0.1) is 11.3 Å². The molecule has 4 heteroatoms. The molecule has 1 aromatic heterocycles. The zero-order chi connectivity index (χ0) is 26.6. The molecule has 195 valence electrons.